The van der Waals surface area contributed by atoms with E-state index in [-0.39, 0.29) is 17.7 Å². The Kier molecular flexibility index (Phi) is 5.16. The molecule has 1 aromatic rings. The van der Waals surface area contributed by atoms with Crippen LogP contribution >= 0.6 is 15.9 Å². The van der Waals surface area contributed by atoms with Gasteiger partial charge < -0.3 is 5.73 Å². The molecule has 1 aliphatic carbocycles. The maximum Gasteiger partial charge on any atom is 0.186 e. The number of nitrogens with two attached hydrogens (primary N) is 1. The molecule has 1 heterocycles. The monoisotopic (exact) mass is 327 g/mol. The summed E-state index contributed by atoms with van der Waals surface area (Å²) in [7, 11) is 0. The van der Waals surface area contributed by atoms with E-state index < -0.39 is 0 Å². The molecule has 0 spiro atoms. The second kappa shape index (κ2) is 6.66. The van der Waals surface area contributed by atoms with E-state index in [9.17, 15) is 4.79 Å². The summed E-state index contributed by atoms with van der Waals surface area (Å²) in [6.07, 6.45) is 7.97. The molecule has 0 radical (unpaired) electrons. The molecule has 19 heavy (non-hydrogen) atoms. The second-order valence-electron chi connectivity index (χ2n) is 5.34. The van der Waals surface area contributed by atoms with Gasteiger partial charge in [-0.05, 0) is 35.2 Å². The molecule has 0 aromatic carbocycles. The lowest BCUT2D eigenvalue weighted by atomic mass is 9.89. The molecule has 1 fully saturated rings. The maximum absolute atomic E-state index is 12.8. The highest BCUT2D eigenvalue weighted by molar-refractivity contribution is 9.10. The average Bonchev–Trinajstić information content (AvgIpc) is 2.60. The van der Waals surface area contributed by atoms with Crippen LogP contribution in [0, 0.1) is 5.92 Å². The van der Waals surface area contributed by atoms with Crippen LogP contribution in [0.15, 0.2) is 10.7 Å². The van der Waals surface area contributed by atoms with Crippen molar-refractivity contribution in [3.63, 3.8) is 0 Å². The molecule has 1 aliphatic rings. The van der Waals surface area contributed by atoms with Crippen LogP contribution in [0.2, 0.25) is 0 Å². The number of carbonyl (C=O) groups is 1. The Morgan fingerprint density at radius 2 is 2.21 bits per heavy atom. The smallest absolute Gasteiger partial charge is 0.186 e. The van der Waals surface area contributed by atoms with Crippen molar-refractivity contribution in [3.05, 3.63) is 16.4 Å². The Hall–Kier alpha value is -0.680. The van der Waals surface area contributed by atoms with Gasteiger partial charge in [-0.2, -0.15) is 5.10 Å². The predicted molar refractivity (Wildman–Crippen MR) is 79.1 cm³/mol. The summed E-state index contributed by atoms with van der Waals surface area (Å²) in [4.78, 5) is 12.8. The molecule has 2 rings (SSSR count). The number of aromatic nitrogens is 2. The normalized spacial score (nSPS) is 24.2. The van der Waals surface area contributed by atoms with Gasteiger partial charge >= 0.3 is 0 Å². The summed E-state index contributed by atoms with van der Waals surface area (Å²) in [6, 6.07) is -0.00752. The van der Waals surface area contributed by atoms with Crippen LogP contribution in [0.3, 0.4) is 0 Å². The summed E-state index contributed by atoms with van der Waals surface area (Å²) >= 11 is 3.45. The lowest BCUT2D eigenvalue weighted by Gasteiger charge is -2.20. The molecule has 0 bridgehead atoms. The quantitative estimate of drug-likeness (QED) is 0.682. The molecule has 5 heteroatoms. The van der Waals surface area contributed by atoms with Gasteiger partial charge in [-0.3, -0.25) is 9.48 Å². The average molecular weight is 328 g/mol. The van der Waals surface area contributed by atoms with Crippen molar-refractivity contribution in [2.24, 2.45) is 11.7 Å². The lowest BCUT2D eigenvalue weighted by Crippen LogP contribution is -2.35. The number of hydrogen-bond donors (Lipinski definition) is 1. The van der Waals surface area contributed by atoms with Gasteiger partial charge in [0.15, 0.2) is 5.78 Å². The van der Waals surface area contributed by atoms with Gasteiger partial charge in [0.2, 0.25) is 0 Å². The molecule has 2 unspecified atom stereocenters. The Bertz CT molecular complexity index is 444. The molecule has 4 nitrogen and oxygen atoms in total. The third-order valence-electron chi connectivity index (χ3n) is 3.87. The van der Waals surface area contributed by atoms with Gasteiger partial charge in [-0.1, -0.05) is 26.2 Å². The van der Waals surface area contributed by atoms with Crippen molar-refractivity contribution < 1.29 is 4.79 Å². The van der Waals surface area contributed by atoms with Crippen molar-refractivity contribution in [1.29, 1.82) is 0 Å². The third-order valence-corrected chi connectivity index (χ3v) is 4.45. The van der Waals surface area contributed by atoms with Crippen LogP contribution in [-0.4, -0.2) is 21.6 Å². The van der Waals surface area contributed by atoms with Crippen molar-refractivity contribution in [1.82, 2.24) is 9.78 Å². The first-order valence-corrected chi connectivity index (χ1v) is 7.95. The van der Waals surface area contributed by atoms with E-state index in [4.69, 9.17) is 5.73 Å². The summed E-state index contributed by atoms with van der Waals surface area (Å²) < 4.78 is 2.60. The predicted octanol–water partition coefficient (Wildman–Crippen LogP) is 3.15. The second-order valence-corrected chi connectivity index (χ2v) is 6.19. The van der Waals surface area contributed by atoms with Crippen LogP contribution in [0.4, 0.5) is 0 Å². The largest absolute Gasteiger partial charge is 0.327 e. The Balaban J connectivity index is 2.24. The first kappa shape index (κ1) is 14.7. The summed E-state index contributed by atoms with van der Waals surface area (Å²) in [5, 5.41) is 4.28. The molecule has 0 amide bonds. The maximum atomic E-state index is 12.8. The van der Waals surface area contributed by atoms with Crippen molar-refractivity contribution in [3.8, 4) is 0 Å². The summed E-state index contributed by atoms with van der Waals surface area (Å²) in [6.45, 7) is 2.86. The van der Waals surface area contributed by atoms with Crippen LogP contribution in [0.5, 0.6) is 0 Å². The molecule has 0 aliphatic heterocycles. The molecule has 1 saturated carbocycles. The Morgan fingerprint density at radius 3 is 2.95 bits per heavy atom. The number of aryl methyl sites for hydroxylation is 1. The number of hydrogen-bond acceptors (Lipinski definition) is 3. The lowest BCUT2D eigenvalue weighted by molar-refractivity contribution is 0.0882. The topological polar surface area (TPSA) is 60.9 Å². The molecule has 2 atom stereocenters. The molecule has 1 aromatic heterocycles. The van der Waals surface area contributed by atoms with Gasteiger partial charge in [0, 0.05) is 18.5 Å². The van der Waals surface area contributed by atoms with E-state index in [0.29, 0.717) is 5.69 Å². The van der Waals surface area contributed by atoms with Gasteiger partial charge in [-0.25, -0.2) is 0 Å². The first-order valence-electron chi connectivity index (χ1n) is 7.16. The summed E-state index contributed by atoms with van der Waals surface area (Å²) in [5.74, 6) is 0.110. The number of Topliss-reactive ketones (excluding diaryl/α,β-unsaturated/α-hetero) is 1. The Morgan fingerprint density at radius 1 is 1.47 bits per heavy atom. The van der Waals surface area contributed by atoms with Gasteiger partial charge in [0.1, 0.15) is 5.69 Å². The van der Waals surface area contributed by atoms with Crippen molar-refractivity contribution in [2.75, 3.05) is 0 Å². The fraction of sp³-hybridized carbons (Fsp3) is 0.714. The van der Waals surface area contributed by atoms with Gasteiger partial charge in [-0.15, -0.1) is 0 Å². The number of carbonyl (C=O) groups excluding carboxylic acids is 1. The number of halogens is 1. The first-order chi connectivity index (χ1) is 9.15. The van der Waals surface area contributed by atoms with E-state index in [2.05, 4.69) is 28.0 Å². The van der Waals surface area contributed by atoms with E-state index in [1.165, 1.54) is 6.42 Å². The highest BCUT2D eigenvalue weighted by Crippen LogP contribution is 2.28. The zero-order valence-corrected chi connectivity index (χ0v) is 13.0. The zero-order chi connectivity index (χ0) is 13.8. The van der Waals surface area contributed by atoms with Gasteiger partial charge in [0.25, 0.3) is 0 Å². The molecular weight excluding hydrogens is 306 g/mol. The zero-order valence-electron chi connectivity index (χ0n) is 11.4. The van der Waals surface area contributed by atoms with Crippen LogP contribution < -0.4 is 5.73 Å². The van der Waals surface area contributed by atoms with Crippen LogP contribution in [0.1, 0.15) is 55.9 Å². The van der Waals surface area contributed by atoms with E-state index >= 15 is 0 Å². The minimum Gasteiger partial charge on any atom is -0.327 e. The molecule has 2 N–H and O–H groups in total. The van der Waals surface area contributed by atoms with Gasteiger partial charge in [0.05, 0.1) is 10.7 Å². The van der Waals surface area contributed by atoms with Crippen LogP contribution in [-0.2, 0) is 6.54 Å². The van der Waals surface area contributed by atoms with Crippen LogP contribution in [0.25, 0.3) is 0 Å². The van der Waals surface area contributed by atoms with Crippen molar-refractivity contribution >= 4 is 21.7 Å². The molecule has 0 saturated heterocycles. The SMILES string of the molecule is CCCn1ncc(Br)c1C(=O)C1CCCCCC1N. The molecule has 106 valence electrons. The standard InChI is InChI=1S/C14H22BrN3O/c1-2-8-18-13(11(15)9-17-18)14(19)10-6-4-3-5-7-12(10)16/h9-10,12H,2-8,16H2,1H3. The molecular formula is C14H22BrN3O. The minimum absolute atomic E-state index is 0.00752. The number of ketones is 1. The van der Waals surface area contributed by atoms with E-state index in [0.717, 1.165) is 43.1 Å². The minimum atomic E-state index is -0.0499. The highest BCUT2D eigenvalue weighted by Gasteiger charge is 2.31. The van der Waals surface area contributed by atoms with E-state index in [1.807, 2.05) is 4.68 Å². The van der Waals surface area contributed by atoms with Crippen molar-refractivity contribution in [2.45, 2.75) is 58.0 Å². The van der Waals surface area contributed by atoms with E-state index in [1.54, 1.807) is 6.20 Å². The number of nitrogens with zero attached hydrogens (tertiary/aromatic N) is 2. The number of rotatable bonds is 4. The fourth-order valence-corrected chi connectivity index (χ4v) is 3.32. The Labute approximate surface area is 122 Å². The third kappa shape index (κ3) is 3.26. The fourth-order valence-electron chi connectivity index (χ4n) is 2.83. The summed E-state index contributed by atoms with van der Waals surface area (Å²) in [5.41, 5.74) is 6.89. The highest BCUT2D eigenvalue weighted by atomic mass is 79.9.